The highest BCUT2D eigenvalue weighted by Gasteiger charge is 2.13. The van der Waals surface area contributed by atoms with Crippen molar-refractivity contribution in [3.8, 4) is 0 Å². The number of nitrogens with one attached hydrogen (secondary N) is 1. The van der Waals surface area contributed by atoms with E-state index in [1.165, 1.54) is 7.11 Å². The average Bonchev–Trinajstić information content (AvgIpc) is 2.27. The number of carbonyl (C=O) groups is 1. The van der Waals surface area contributed by atoms with Gasteiger partial charge in [0.1, 0.15) is 6.10 Å². The summed E-state index contributed by atoms with van der Waals surface area (Å²) in [6.07, 6.45) is 0.0309. The zero-order valence-electron chi connectivity index (χ0n) is 8.64. The van der Waals surface area contributed by atoms with Gasteiger partial charge in [-0.2, -0.15) is 0 Å². The summed E-state index contributed by atoms with van der Waals surface area (Å²) in [6, 6.07) is 9.70. The fourth-order valence-electron chi connectivity index (χ4n) is 1.25. The Morgan fingerprint density at radius 3 is 2.73 bits per heavy atom. The Bertz CT molecular complexity index is 300. The molecule has 82 valence electrons. The van der Waals surface area contributed by atoms with Crippen molar-refractivity contribution < 1.29 is 14.7 Å². The molecule has 0 saturated carbocycles. The molecule has 15 heavy (non-hydrogen) atoms. The molecular formula is C11H15NO3. The zero-order chi connectivity index (χ0) is 11.1. The van der Waals surface area contributed by atoms with Crippen LogP contribution >= 0.6 is 0 Å². The number of rotatable bonds is 5. The van der Waals surface area contributed by atoms with Gasteiger partial charge in [0, 0.05) is 0 Å². The summed E-state index contributed by atoms with van der Waals surface area (Å²) in [7, 11) is 1.34. The SMILES string of the molecule is CONC(=O)C(O)CCc1ccccc1. The van der Waals surface area contributed by atoms with Crippen molar-refractivity contribution in [1.82, 2.24) is 5.48 Å². The minimum Gasteiger partial charge on any atom is -0.383 e. The fraction of sp³-hybridized carbons (Fsp3) is 0.364. The number of aliphatic hydroxyl groups excluding tert-OH is 1. The van der Waals surface area contributed by atoms with Gasteiger partial charge in [0.2, 0.25) is 0 Å². The molecule has 0 aliphatic heterocycles. The first-order valence-electron chi connectivity index (χ1n) is 4.79. The van der Waals surface area contributed by atoms with Crippen LogP contribution in [0.4, 0.5) is 0 Å². The quantitative estimate of drug-likeness (QED) is 0.700. The van der Waals surface area contributed by atoms with Crippen LogP contribution in [-0.4, -0.2) is 24.2 Å². The van der Waals surface area contributed by atoms with Crippen LogP contribution in [0.2, 0.25) is 0 Å². The Balaban J connectivity index is 2.34. The Hall–Kier alpha value is -1.39. The maximum Gasteiger partial charge on any atom is 0.272 e. The van der Waals surface area contributed by atoms with Crippen LogP contribution in [0.1, 0.15) is 12.0 Å². The number of aryl methyl sites for hydroxylation is 1. The molecule has 0 aliphatic rings. The summed E-state index contributed by atoms with van der Waals surface area (Å²) in [4.78, 5) is 15.5. The van der Waals surface area contributed by atoms with Crippen molar-refractivity contribution in [1.29, 1.82) is 0 Å². The lowest BCUT2D eigenvalue weighted by atomic mass is 10.1. The highest BCUT2D eigenvalue weighted by molar-refractivity contribution is 5.79. The van der Waals surface area contributed by atoms with E-state index in [-0.39, 0.29) is 0 Å². The van der Waals surface area contributed by atoms with E-state index in [0.29, 0.717) is 12.8 Å². The number of hydrogen-bond acceptors (Lipinski definition) is 3. The topological polar surface area (TPSA) is 58.6 Å². The molecule has 0 aromatic heterocycles. The van der Waals surface area contributed by atoms with E-state index in [9.17, 15) is 9.90 Å². The van der Waals surface area contributed by atoms with Crippen molar-refractivity contribution in [3.63, 3.8) is 0 Å². The van der Waals surface area contributed by atoms with Crippen LogP contribution in [0.15, 0.2) is 30.3 Å². The molecule has 1 atom stereocenters. The molecule has 0 spiro atoms. The first-order chi connectivity index (χ1) is 7.24. The maximum atomic E-state index is 11.1. The maximum absolute atomic E-state index is 11.1. The molecular weight excluding hydrogens is 194 g/mol. The number of amides is 1. The van der Waals surface area contributed by atoms with Crippen LogP contribution in [0.3, 0.4) is 0 Å². The van der Waals surface area contributed by atoms with Gasteiger partial charge in [-0.15, -0.1) is 0 Å². The Kier molecular flexibility index (Phi) is 4.80. The predicted molar refractivity (Wildman–Crippen MR) is 55.9 cm³/mol. The normalized spacial score (nSPS) is 12.1. The van der Waals surface area contributed by atoms with Gasteiger partial charge in [-0.1, -0.05) is 30.3 Å². The lowest BCUT2D eigenvalue weighted by Crippen LogP contribution is -2.33. The second-order valence-electron chi connectivity index (χ2n) is 3.21. The van der Waals surface area contributed by atoms with Gasteiger partial charge < -0.3 is 5.11 Å². The molecule has 1 unspecified atom stereocenters. The Morgan fingerprint density at radius 1 is 1.47 bits per heavy atom. The third-order valence-electron chi connectivity index (χ3n) is 2.05. The zero-order valence-corrected chi connectivity index (χ0v) is 8.64. The molecule has 1 aromatic rings. The van der Waals surface area contributed by atoms with Gasteiger partial charge in [-0.05, 0) is 18.4 Å². The molecule has 0 bridgehead atoms. The molecule has 0 heterocycles. The highest BCUT2D eigenvalue weighted by atomic mass is 16.6. The number of aliphatic hydroxyl groups is 1. The van der Waals surface area contributed by atoms with E-state index < -0.39 is 12.0 Å². The van der Waals surface area contributed by atoms with Crippen molar-refractivity contribution in [2.45, 2.75) is 18.9 Å². The van der Waals surface area contributed by atoms with Crippen LogP contribution in [0.25, 0.3) is 0 Å². The second kappa shape index (κ2) is 6.16. The van der Waals surface area contributed by atoms with E-state index in [4.69, 9.17) is 0 Å². The molecule has 2 N–H and O–H groups in total. The molecule has 1 aromatic carbocycles. The highest BCUT2D eigenvalue weighted by Crippen LogP contribution is 2.04. The predicted octanol–water partition coefficient (Wildman–Crippen LogP) is 0.658. The van der Waals surface area contributed by atoms with Crippen molar-refractivity contribution in [2.24, 2.45) is 0 Å². The fourth-order valence-corrected chi connectivity index (χ4v) is 1.25. The standard InChI is InChI=1S/C11H15NO3/c1-15-12-11(14)10(13)8-7-9-5-3-2-4-6-9/h2-6,10,13H,7-8H2,1H3,(H,12,14). The number of hydrogen-bond donors (Lipinski definition) is 2. The van der Waals surface area contributed by atoms with Gasteiger partial charge in [0.15, 0.2) is 0 Å². The van der Waals surface area contributed by atoms with E-state index in [1.807, 2.05) is 30.3 Å². The van der Waals surface area contributed by atoms with E-state index >= 15 is 0 Å². The van der Waals surface area contributed by atoms with Crippen LogP contribution in [0.5, 0.6) is 0 Å². The van der Waals surface area contributed by atoms with Crippen LogP contribution in [0, 0.1) is 0 Å². The lowest BCUT2D eigenvalue weighted by molar-refractivity contribution is -0.140. The van der Waals surface area contributed by atoms with Crippen molar-refractivity contribution >= 4 is 5.91 Å². The third-order valence-corrected chi connectivity index (χ3v) is 2.05. The van der Waals surface area contributed by atoms with Crippen LogP contribution < -0.4 is 5.48 Å². The first kappa shape index (κ1) is 11.7. The van der Waals surface area contributed by atoms with E-state index in [1.54, 1.807) is 0 Å². The van der Waals surface area contributed by atoms with E-state index in [0.717, 1.165) is 5.56 Å². The van der Waals surface area contributed by atoms with Gasteiger partial charge in [-0.3, -0.25) is 9.63 Å². The molecule has 1 amide bonds. The second-order valence-corrected chi connectivity index (χ2v) is 3.21. The minimum absolute atomic E-state index is 0.388. The minimum atomic E-state index is -1.02. The summed E-state index contributed by atoms with van der Waals surface area (Å²) >= 11 is 0. The monoisotopic (exact) mass is 209 g/mol. The average molecular weight is 209 g/mol. The van der Waals surface area contributed by atoms with Crippen molar-refractivity contribution in [2.75, 3.05) is 7.11 Å². The van der Waals surface area contributed by atoms with Gasteiger partial charge in [0.25, 0.3) is 5.91 Å². The van der Waals surface area contributed by atoms with E-state index in [2.05, 4.69) is 10.3 Å². The largest absolute Gasteiger partial charge is 0.383 e. The van der Waals surface area contributed by atoms with Crippen molar-refractivity contribution in [3.05, 3.63) is 35.9 Å². The molecule has 0 radical (unpaired) electrons. The molecule has 0 aliphatic carbocycles. The number of benzene rings is 1. The number of carbonyl (C=O) groups excluding carboxylic acids is 1. The Labute approximate surface area is 88.8 Å². The van der Waals surface area contributed by atoms with Gasteiger partial charge >= 0.3 is 0 Å². The molecule has 0 fully saturated rings. The smallest absolute Gasteiger partial charge is 0.272 e. The number of hydroxylamine groups is 1. The Morgan fingerprint density at radius 2 is 2.13 bits per heavy atom. The molecule has 0 saturated heterocycles. The molecule has 4 heteroatoms. The first-order valence-corrected chi connectivity index (χ1v) is 4.79. The summed E-state index contributed by atoms with van der Waals surface area (Å²) in [5.41, 5.74) is 3.19. The van der Waals surface area contributed by atoms with Crippen LogP contribution in [-0.2, 0) is 16.1 Å². The lowest BCUT2D eigenvalue weighted by Gasteiger charge is -2.09. The summed E-state index contributed by atoms with van der Waals surface area (Å²) in [6.45, 7) is 0. The summed E-state index contributed by atoms with van der Waals surface area (Å²) in [5.74, 6) is -0.506. The summed E-state index contributed by atoms with van der Waals surface area (Å²) in [5, 5.41) is 9.42. The third kappa shape index (κ3) is 4.10. The van der Waals surface area contributed by atoms with Gasteiger partial charge in [-0.25, -0.2) is 5.48 Å². The van der Waals surface area contributed by atoms with Gasteiger partial charge in [0.05, 0.1) is 7.11 Å². The molecule has 4 nitrogen and oxygen atoms in total. The molecule has 1 rings (SSSR count). The summed E-state index contributed by atoms with van der Waals surface area (Å²) < 4.78 is 0.